The maximum Gasteiger partial charge on any atom is 0.271 e. The number of benzene rings is 1. The molecule has 1 saturated heterocycles. The number of morpholine rings is 1. The van der Waals surface area contributed by atoms with E-state index in [1.54, 1.807) is 12.1 Å². The summed E-state index contributed by atoms with van der Waals surface area (Å²) in [6, 6.07) is 4.87. The van der Waals surface area contributed by atoms with Gasteiger partial charge in [-0.25, -0.2) is 0 Å². The Bertz CT molecular complexity index is 479. The SMILES string of the molecule is CCN1CCOC(CNc2cc([N+](=O)[O-])ccc2C)C1. The van der Waals surface area contributed by atoms with Crippen LogP contribution in [0.2, 0.25) is 0 Å². The molecule has 0 radical (unpaired) electrons. The standard InChI is InChI=1S/C14H21N3O3/c1-3-16-6-7-20-13(10-16)9-15-14-8-12(17(18)19)5-4-11(14)2/h4-5,8,13,15H,3,6-7,9-10H2,1-2H3. The second-order valence-corrected chi connectivity index (χ2v) is 5.02. The molecule has 1 aromatic carbocycles. The fraction of sp³-hybridized carbons (Fsp3) is 0.571. The second kappa shape index (κ2) is 6.67. The lowest BCUT2D eigenvalue weighted by molar-refractivity contribution is -0.384. The number of nitrogens with one attached hydrogen (secondary N) is 1. The van der Waals surface area contributed by atoms with Gasteiger partial charge in [-0.05, 0) is 19.0 Å². The van der Waals surface area contributed by atoms with Crippen LogP contribution in [0.15, 0.2) is 18.2 Å². The molecule has 0 aliphatic carbocycles. The van der Waals surface area contributed by atoms with E-state index in [1.807, 2.05) is 6.92 Å². The predicted octanol–water partition coefficient (Wildman–Crippen LogP) is 2.04. The lowest BCUT2D eigenvalue weighted by Crippen LogP contribution is -2.45. The van der Waals surface area contributed by atoms with Crippen LogP contribution >= 0.6 is 0 Å². The zero-order chi connectivity index (χ0) is 14.5. The molecule has 1 aromatic rings. The van der Waals surface area contributed by atoms with E-state index in [2.05, 4.69) is 17.1 Å². The van der Waals surface area contributed by atoms with E-state index in [1.165, 1.54) is 6.07 Å². The Morgan fingerprint density at radius 2 is 2.35 bits per heavy atom. The van der Waals surface area contributed by atoms with Crippen LogP contribution in [0, 0.1) is 17.0 Å². The molecule has 1 unspecified atom stereocenters. The average Bonchev–Trinajstić information content (AvgIpc) is 2.46. The van der Waals surface area contributed by atoms with Gasteiger partial charge in [0.05, 0.1) is 17.6 Å². The van der Waals surface area contributed by atoms with E-state index < -0.39 is 0 Å². The smallest absolute Gasteiger partial charge is 0.271 e. The van der Waals surface area contributed by atoms with Crippen LogP contribution in [0.5, 0.6) is 0 Å². The Kier molecular flexibility index (Phi) is 4.92. The van der Waals surface area contributed by atoms with Crippen LogP contribution in [0.4, 0.5) is 11.4 Å². The Morgan fingerprint density at radius 1 is 1.55 bits per heavy atom. The average molecular weight is 279 g/mol. The van der Waals surface area contributed by atoms with Crippen molar-refractivity contribution < 1.29 is 9.66 Å². The van der Waals surface area contributed by atoms with Crippen molar-refractivity contribution in [1.29, 1.82) is 0 Å². The maximum atomic E-state index is 10.8. The van der Waals surface area contributed by atoms with E-state index in [0.717, 1.165) is 37.5 Å². The Morgan fingerprint density at radius 3 is 3.05 bits per heavy atom. The normalized spacial score (nSPS) is 19.8. The van der Waals surface area contributed by atoms with Gasteiger partial charge < -0.3 is 10.1 Å². The number of hydrogen-bond acceptors (Lipinski definition) is 5. The van der Waals surface area contributed by atoms with Crippen molar-refractivity contribution in [3.63, 3.8) is 0 Å². The summed E-state index contributed by atoms with van der Waals surface area (Å²) in [5.41, 5.74) is 1.91. The fourth-order valence-corrected chi connectivity index (χ4v) is 2.33. The van der Waals surface area contributed by atoms with Crippen molar-refractivity contribution in [2.45, 2.75) is 20.0 Å². The summed E-state index contributed by atoms with van der Waals surface area (Å²) in [6.45, 7) is 8.38. The number of nitro groups is 1. The van der Waals surface area contributed by atoms with Gasteiger partial charge in [0.1, 0.15) is 0 Å². The number of rotatable bonds is 5. The third-order valence-corrected chi connectivity index (χ3v) is 3.62. The van der Waals surface area contributed by atoms with Gasteiger partial charge in [0, 0.05) is 37.5 Å². The molecule has 0 amide bonds. The van der Waals surface area contributed by atoms with Crippen molar-refractivity contribution in [3.8, 4) is 0 Å². The predicted molar refractivity (Wildman–Crippen MR) is 78.2 cm³/mol. The van der Waals surface area contributed by atoms with Crippen molar-refractivity contribution in [2.75, 3.05) is 38.1 Å². The summed E-state index contributed by atoms with van der Waals surface area (Å²) < 4.78 is 5.71. The Hall–Kier alpha value is -1.66. The number of nitrogens with zero attached hydrogens (tertiary/aromatic N) is 2. The summed E-state index contributed by atoms with van der Waals surface area (Å²) in [7, 11) is 0. The third-order valence-electron chi connectivity index (χ3n) is 3.62. The van der Waals surface area contributed by atoms with Crippen LogP contribution in [0.3, 0.4) is 0 Å². The summed E-state index contributed by atoms with van der Waals surface area (Å²) in [6.07, 6.45) is 0.127. The summed E-state index contributed by atoms with van der Waals surface area (Å²) >= 11 is 0. The third kappa shape index (κ3) is 3.68. The topological polar surface area (TPSA) is 67.6 Å². The van der Waals surface area contributed by atoms with E-state index in [-0.39, 0.29) is 16.7 Å². The van der Waals surface area contributed by atoms with Crippen LogP contribution in [-0.4, -0.2) is 48.7 Å². The highest BCUT2D eigenvalue weighted by Crippen LogP contribution is 2.22. The molecule has 1 heterocycles. The first-order valence-corrected chi connectivity index (χ1v) is 6.93. The lowest BCUT2D eigenvalue weighted by atomic mass is 10.1. The zero-order valence-corrected chi connectivity index (χ0v) is 12.0. The van der Waals surface area contributed by atoms with Gasteiger partial charge in [-0.3, -0.25) is 15.0 Å². The number of likely N-dealkylation sites (N-methyl/N-ethyl adjacent to an activating group) is 1. The maximum absolute atomic E-state index is 10.8. The minimum Gasteiger partial charge on any atom is -0.382 e. The molecule has 2 rings (SSSR count). The molecule has 0 spiro atoms. The number of aryl methyl sites for hydroxylation is 1. The molecule has 0 bridgehead atoms. The van der Waals surface area contributed by atoms with Crippen LogP contribution in [-0.2, 0) is 4.74 Å². The van der Waals surface area contributed by atoms with Gasteiger partial charge in [0.2, 0.25) is 0 Å². The monoisotopic (exact) mass is 279 g/mol. The molecule has 1 atom stereocenters. The Labute approximate surface area is 118 Å². The minimum atomic E-state index is -0.374. The van der Waals surface area contributed by atoms with Crippen molar-refractivity contribution >= 4 is 11.4 Å². The number of hydrogen-bond donors (Lipinski definition) is 1. The molecule has 0 saturated carbocycles. The van der Waals surface area contributed by atoms with Gasteiger partial charge in [-0.2, -0.15) is 0 Å². The quantitative estimate of drug-likeness (QED) is 0.660. The lowest BCUT2D eigenvalue weighted by Gasteiger charge is -2.32. The van der Waals surface area contributed by atoms with E-state index in [9.17, 15) is 10.1 Å². The molecule has 1 aliphatic heterocycles. The van der Waals surface area contributed by atoms with E-state index in [4.69, 9.17) is 4.74 Å². The van der Waals surface area contributed by atoms with E-state index in [0.29, 0.717) is 6.54 Å². The molecular weight excluding hydrogens is 258 g/mol. The summed E-state index contributed by atoms with van der Waals surface area (Å²) in [5.74, 6) is 0. The molecule has 1 fully saturated rings. The first kappa shape index (κ1) is 14.7. The molecule has 0 aromatic heterocycles. The van der Waals surface area contributed by atoms with Gasteiger partial charge >= 0.3 is 0 Å². The molecule has 1 N–H and O–H groups in total. The number of anilines is 1. The molecule has 6 heteroatoms. The highest BCUT2D eigenvalue weighted by atomic mass is 16.6. The first-order chi connectivity index (χ1) is 9.60. The number of non-ortho nitro benzene ring substituents is 1. The Balaban J connectivity index is 1.96. The highest BCUT2D eigenvalue weighted by molar-refractivity contribution is 5.56. The molecule has 110 valence electrons. The molecule has 6 nitrogen and oxygen atoms in total. The van der Waals surface area contributed by atoms with Gasteiger partial charge in [-0.15, -0.1) is 0 Å². The molecule has 1 aliphatic rings. The second-order valence-electron chi connectivity index (χ2n) is 5.02. The number of nitro benzene ring substituents is 1. The van der Waals surface area contributed by atoms with Crippen LogP contribution in [0.1, 0.15) is 12.5 Å². The number of ether oxygens (including phenoxy) is 1. The van der Waals surface area contributed by atoms with Gasteiger partial charge in [0.25, 0.3) is 5.69 Å². The van der Waals surface area contributed by atoms with Gasteiger partial charge in [-0.1, -0.05) is 13.0 Å². The van der Waals surface area contributed by atoms with Crippen molar-refractivity contribution in [1.82, 2.24) is 4.90 Å². The van der Waals surface area contributed by atoms with E-state index >= 15 is 0 Å². The summed E-state index contributed by atoms with van der Waals surface area (Å²) in [5, 5.41) is 14.1. The fourth-order valence-electron chi connectivity index (χ4n) is 2.33. The minimum absolute atomic E-state index is 0.109. The van der Waals surface area contributed by atoms with Crippen LogP contribution < -0.4 is 5.32 Å². The zero-order valence-electron chi connectivity index (χ0n) is 12.0. The van der Waals surface area contributed by atoms with Crippen molar-refractivity contribution in [2.24, 2.45) is 0 Å². The summed E-state index contributed by atoms with van der Waals surface area (Å²) in [4.78, 5) is 12.8. The van der Waals surface area contributed by atoms with Crippen molar-refractivity contribution in [3.05, 3.63) is 33.9 Å². The largest absolute Gasteiger partial charge is 0.382 e. The molecule has 20 heavy (non-hydrogen) atoms. The van der Waals surface area contributed by atoms with Gasteiger partial charge in [0.15, 0.2) is 0 Å². The highest BCUT2D eigenvalue weighted by Gasteiger charge is 2.19. The van der Waals surface area contributed by atoms with Crippen LogP contribution in [0.25, 0.3) is 0 Å². The molecular formula is C14H21N3O3. The first-order valence-electron chi connectivity index (χ1n) is 6.93.